The van der Waals surface area contributed by atoms with Crippen molar-refractivity contribution in [3.63, 3.8) is 0 Å². The molecule has 0 N–H and O–H groups in total. The fraction of sp³-hybridized carbons (Fsp3) is 0.312. The Morgan fingerprint density at radius 1 is 1.39 bits per heavy atom. The van der Waals surface area contributed by atoms with Crippen molar-refractivity contribution in [2.24, 2.45) is 10.9 Å². The summed E-state index contributed by atoms with van der Waals surface area (Å²) in [6.07, 6.45) is 14.5. The average molecular weight is 236 g/mol. The predicted molar refractivity (Wildman–Crippen MR) is 75.4 cm³/mol. The Hall–Kier alpha value is -1.83. The van der Waals surface area contributed by atoms with Gasteiger partial charge in [0, 0.05) is 23.9 Å². The Bertz CT molecular complexity index is 638. The Morgan fingerprint density at radius 2 is 2.33 bits per heavy atom. The van der Waals surface area contributed by atoms with Crippen molar-refractivity contribution in [3.05, 3.63) is 47.4 Å². The summed E-state index contributed by atoms with van der Waals surface area (Å²) < 4.78 is 2.33. The highest BCUT2D eigenvalue weighted by Crippen LogP contribution is 2.36. The number of hydrogen-bond donors (Lipinski definition) is 0. The van der Waals surface area contributed by atoms with E-state index in [1.807, 2.05) is 0 Å². The molecular formula is C16H16N2. The highest BCUT2D eigenvalue weighted by molar-refractivity contribution is 6.12. The van der Waals surface area contributed by atoms with Gasteiger partial charge in [-0.25, -0.2) is 0 Å². The zero-order chi connectivity index (χ0) is 12.1. The van der Waals surface area contributed by atoms with Crippen molar-refractivity contribution in [2.75, 3.05) is 0 Å². The summed E-state index contributed by atoms with van der Waals surface area (Å²) in [5, 5.41) is 0. The molecule has 0 radical (unpaired) electrons. The van der Waals surface area contributed by atoms with Crippen LogP contribution >= 0.6 is 0 Å². The monoisotopic (exact) mass is 236 g/mol. The maximum absolute atomic E-state index is 4.75. The second-order valence-electron chi connectivity index (χ2n) is 5.33. The van der Waals surface area contributed by atoms with Crippen LogP contribution in [0.1, 0.15) is 31.0 Å². The molecule has 1 atom stereocenters. The fourth-order valence-corrected chi connectivity index (χ4v) is 3.16. The zero-order valence-corrected chi connectivity index (χ0v) is 10.6. The Morgan fingerprint density at radius 3 is 3.28 bits per heavy atom. The van der Waals surface area contributed by atoms with Gasteiger partial charge in [0.15, 0.2) is 0 Å². The molecule has 2 nitrogen and oxygen atoms in total. The first-order chi connectivity index (χ1) is 8.84. The van der Waals surface area contributed by atoms with E-state index in [1.54, 1.807) is 0 Å². The first-order valence-electron chi connectivity index (χ1n) is 6.70. The summed E-state index contributed by atoms with van der Waals surface area (Å²) in [6.45, 7) is 2.26. The van der Waals surface area contributed by atoms with E-state index in [4.69, 9.17) is 4.99 Å². The highest BCUT2D eigenvalue weighted by Gasteiger charge is 2.24. The van der Waals surface area contributed by atoms with Crippen molar-refractivity contribution in [1.29, 1.82) is 0 Å². The Labute approximate surface area is 107 Å². The Kier molecular flexibility index (Phi) is 2.01. The summed E-state index contributed by atoms with van der Waals surface area (Å²) in [4.78, 5) is 4.75. The first-order valence-corrected chi connectivity index (χ1v) is 6.70. The number of nitrogens with zero attached hydrogens (tertiary/aromatic N) is 2. The van der Waals surface area contributed by atoms with Crippen molar-refractivity contribution >= 4 is 17.5 Å². The third-order valence-electron chi connectivity index (χ3n) is 4.12. The molecule has 0 saturated carbocycles. The van der Waals surface area contributed by atoms with Gasteiger partial charge in [-0.3, -0.25) is 4.99 Å². The molecule has 1 unspecified atom stereocenters. The topological polar surface area (TPSA) is 17.3 Å². The maximum atomic E-state index is 4.75. The normalized spacial score (nSPS) is 24.5. The standard InChI is InChI=1S/C16H16N2/c1-11-4-2-7-14-15(11)17-10-13-6-3-5-12-8-9-18(14)16(12)13/h2,6-11H,3-5H2,1H3. The van der Waals surface area contributed by atoms with Crippen molar-refractivity contribution < 1.29 is 0 Å². The molecule has 90 valence electrons. The second-order valence-corrected chi connectivity index (χ2v) is 5.33. The van der Waals surface area contributed by atoms with Gasteiger partial charge in [0.05, 0.1) is 17.1 Å². The molecule has 2 aliphatic carbocycles. The molecule has 2 heterocycles. The molecule has 1 aliphatic heterocycles. The lowest BCUT2D eigenvalue weighted by Crippen LogP contribution is -2.08. The van der Waals surface area contributed by atoms with E-state index < -0.39 is 0 Å². The van der Waals surface area contributed by atoms with Crippen LogP contribution in [0, 0.1) is 5.92 Å². The van der Waals surface area contributed by atoms with Crippen molar-refractivity contribution in [2.45, 2.75) is 26.2 Å². The van der Waals surface area contributed by atoms with Crippen LogP contribution in [0.5, 0.6) is 0 Å². The highest BCUT2D eigenvalue weighted by atomic mass is 15.0. The summed E-state index contributed by atoms with van der Waals surface area (Å²) >= 11 is 0. The van der Waals surface area contributed by atoms with E-state index in [2.05, 4.69) is 48.2 Å². The minimum atomic E-state index is 0.514. The summed E-state index contributed by atoms with van der Waals surface area (Å²) in [6, 6.07) is 2.26. The molecule has 3 aliphatic rings. The lowest BCUT2D eigenvalue weighted by atomic mass is 9.97. The van der Waals surface area contributed by atoms with E-state index in [0.29, 0.717) is 5.92 Å². The second kappa shape index (κ2) is 3.58. The van der Waals surface area contributed by atoms with Crippen LogP contribution in [-0.2, 0) is 6.42 Å². The van der Waals surface area contributed by atoms with Gasteiger partial charge in [-0.05, 0) is 37.0 Å². The van der Waals surface area contributed by atoms with Crippen LogP contribution in [0.2, 0.25) is 0 Å². The van der Waals surface area contributed by atoms with Gasteiger partial charge in [-0.15, -0.1) is 0 Å². The van der Waals surface area contributed by atoms with Crippen LogP contribution in [0.4, 0.5) is 0 Å². The van der Waals surface area contributed by atoms with E-state index >= 15 is 0 Å². The van der Waals surface area contributed by atoms with Gasteiger partial charge in [0.2, 0.25) is 0 Å². The van der Waals surface area contributed by atoms with Gasteiger partial charge in [-0.1, -0.05) is 19.1 Å². The minimum absolute atomic E-state index is 0.514. The van der Waals surface area contributed by atoms with E-state index in [1.165, 1.54) is 28.2 Å². The van der Waals surface area contributed by atoms with Gasteiger partial charge in [0.1, 0.15) is 0 Å². The number of allylic oxidation sites excluding steroid dienone is 6. The van der Waals surface area contributed by atoms with Crippen LogP contribution in [0.3, 0.4) is 0 Å². The average Bonchev–Trinajstić information content (AvgIpc) is 2.73. The molecular weight excluding hydrogens is 220 g/mol. The lowest BCUT2D eigenvalue weighted by molar-refractivity contribution is 0.677. The molecule has 1 aromatic heterocycles. The molecule has 4 rings (SSSR count). The first kappa shape index (κ1) is 10.1. The molecule has 0 spiro atoms. The molecule has 0 saturated heterocycles. The van der Waals surface area contributed by atoms with Gasteiger partial charge < -0.3 is 4.57 Å². The van der Waals surface area contributed by atoms with Gasteiger partial charge in [-0.2, -0.15) is 0 Å². The zero-order valence-electron chi connectivity index (χ0n) is 10.6. The quantitative estimate of drug-likeness (QED) is 0.654. The molecule has 18 heavy (non-hydrogen) atoms. The van der Waals surface area contributed by atoms with Crippen LogP contribution in [-0.4, -0.2) is 10.8 Å². The molecule has 2 heteroatoms. The van der Waals surface area contributed by atoms with Gasteiger partial charge in [0.25, 0.3) is 0 Å². The van der Waals surface area contributed by atoms with Crippen molar-refractivity contribution in [3.8, 4) is 0 Å². The largest absolute Gasteiger partial charge is 0.314 e. The maximum Gasteiger partial charge on any atom is 0.0674 e. The van der Waals surface area contributed by atoms with Crippen LogP contribution in [0.15, 0.2) is 41.2 Å². The predicted octanol–water partition coefficient (Wildman–Crippen LogP) is 3.67. The van der Waals surface area contributed by atoms with Crippen LogP contribution in [0.25, 0.3) is 11.3 Å². The smallest absolute Gasteiger partial charge is 0.0674 e. The number of rotatable bonds is 0. The van der Waals surface area contributed by atoms with E-state index in [0.717, 1.165) is 19.3 Å². The SMILES string of the molecule is CC1CC=CC2=C1N=CC1=CCCc3ccn2c31. The summed E-state index contributed by atoms with van der Waals surface area (Å²) in [5.74, 6) is 0.514. The molecule has 0 bridgehead atoms. The van der Waals surface area contributed by atoms with E-state index in [9.17, 15) is 0 Å². The molecule has 1 aromatic rings. The molecule has 0 aromatic carbocycles. The fourth-order valence-electron chi connectivity index (χ4n) is 3.16. The minimum Gasteiger partial charge on any atom is -0.314 e. The summed E-state index contributed by atoms with van der Waals surface area (Å²) in [5.41, 5.74) is 6.59. The van der Waals surface area contributed by atoms with Crippen LogP contribution < -0.4 is 0 Å². The number of fused-ring (bicyclic) bond motifs is 1. The number of aromatic nitrogens is 1. The van der Waals surface area contributed by atoms with Gasteiger partial charge >= 0.3 is 0 Å². The third kappa shape index (κ3) is 1.26. The van der Waals surface area contributed by atoms with Crippen molar-refractivity contribution in [1.82, 2.24) is 4.57 Å². The summed E-state index contributed by atoms with van der Waals surface area (Å²) in [7, 11) is 0. The molecule has 0 fully saturated rings. The lowest BCUT2D eigenvalue weighted by Gasteiger charge is -2.20. The number of aliphatic imine (C=N–C) groups is 1. The Balaban J connectivity index is 2.03. The van der Waals surface area contributed by atoms with E-state index in [-0.39, 0.29) is 0 Å². The number of aryl methyl sites for hydroxylation is 1. The molecule has 0 amide bonds. The third-order valence-corrected chi connectivity index (χ3v) is 4.12. The number of hydrogen-bond acceptors (Lipinski definition) is 1.